The zero-order chi connectivity index (χ0) is 15.2. The second kappa shape index (κ2) is 6.67. The van der Waals surface area contributed by atoms with Gasteiger partial charge in [-0.25, -0.2) is 0 Å². The summed E-state index contributed by atoms with van der Waals surface area (Å²) in [5, 5.41) is 19.7. The molecular formula is C14H14N2O5. The number of aromatic nitrogens is 1. The normalized spacial score (nSPS) is 10.2. The maximum Gasteiger partial charge on any atom is 0.273 e. The molecule has 21 heavy (non-hydrogen) atoms. The van der Waals surface area contributed by atoms with Crippen molar-refractivity contribution in [2.24, 2.45) is 0 Å². The number of hydrogen-bond donors (Lipinski definition) is 1. The van der Waals surface area contributed by atoms with Crippen LogP contribution >= 0.6 is 0 Å². The van der Waals surface area contributed by atoms with E-state index >= 15 is 0 Å². The quantitative estimate of drug-likeness (QED) is 0.646. The largest absolute Gasteiger partial charge is 0.496 e. The summed E-state index contributed by atoms with van der Waals surface area (Å²) in [4.78, 5) is 14.3. The van der Waals surface area contributed by atoms with E-state index in [9.17, 15) is 10.1 Å². The van der Waals surface area contributed by atoms with Crippen molar-refractivity contribution in [1.82, 2.24) is 4.98 Å². The lowest BCUT2D eigenvalue weighted by Crippen LogP contribution is -1.99. The van der Waals surface area contributed by atoms with Crippen LogP contribution in [0.4, 0.5) is 5.69 Å². The standard InChI is InChI=1S/C14H14N2O5/c1-20-14-5-10(4-12(6-14)16(18)19)9-21-13-3-2-11(8-17)15-7-13/h2-7,17H,8-9H2,1H3. The number of hydrogen-bond acceptors (Lipinski definition) is 6. The number of ether oxygens (including phenoxy) is 2. The summed E-state index contributed by atoms with van der Waals surface area (Å²) in [7, 11) is 1.45. The molecule has 1 N–H and O–H groups in total. The minimum Gasteiger partial charge on any atom is -0.496 e. The average molecular weight is 290 g/mol. The Kier molecular flexibility index (Phi) is 4.68. The van der Waals surface area contributed by atoms with Gasteiger partial charge in [-0.3, -0.25) is 15.1 Å². The number of non-ortho nitro benzene ring substituents is 1. The molecule has 7 heteroatoms. The number of rotatable bonds is 6. The van der Waals surface area contributed by atoms with Crippen molar-refractivity contribution < 1.29 is 19.5 Å². The predicted octanol–water partition coefficient (Wildman–Crippen LogP) is 2.07. The molecule has 1 aromatic heterocycles. The van der Waals surface area contributed by atoms with Crippen molar-refractivity contribution in [3.8, 4) is 11.5 Å². The first-order chi connectivity index (χ1) is 10.1. The van der Waals surface area contributed by atoms with Crippen LogP contribution in [0, 0.1) is 10.1 Å². The third-order valence-electron chi connectivity index (χ3n) is 2.76. The van der Waals surface area contributed by atoms with Crippen molar-refractivity contribution in [2.45, 2.75) is 13.2 Å². The summed E-state index contributed by atoms with van der Waals surface area (Å²) >= 11 is 0. The SMILES string of the molecule is COc1cc(COc2ccc(CO)nc2)cc([N+](=O)[O-])c1. The minimum atomic E-state index is -0.483. The number of nitro benzene ring substituents is 1. The van der Waals surface area contributed by atoms with Crippen LogP contribution in [0.3, 0.4) is 0 Å². The second-order valence-electron chi connectivity index (χ2n) is 4.23. The van der Waals surface area contributed by atoms with Gasteiger partial charge in [0, 0.05) is 6.07 Å². The summed E-state index contributed by atoms with van der Waals surface area (Å²) in [6.45, 7) is 0.0144. The number of aliphatic hydroxyl groups excluding tert-OH is 1. The lowest BCUT2D eigenvalue weighted by Gasteiger charge is -2.08. The van der Waals surface area contributed by atoms with E-state index in [2.05, 4.69) is 4.98 Å². The van der Waals surface area contributed by atoms with Gasteiger partial charge < -0.3 is 14.6 Å². The fourth-order valence-corrected chi connectivity index (χ4v) is 1.71. The lowest BCUT2D eigenvalue weighted by molar-refractivity contribution is -0.385. The zero-order valence-corrected chi connectivity index (χ0v) is 11.4. The molecule has 0 bridgehead atoms. The summed E-state index contributed by atoms with van der Waals surface area (Å²) < 4.78 is 10.5. The predicted molar refractivity (Wildman–Crippen MR) is 74.1 cm³/mol. The van der Waals surface area contributed by atoms with E-state index in [1.54, 1.807) is 18.2 Å². The van der Waals surface area contributed by atoms with Crippen molar-refractivity contribution in [1.29, 1.82) is 0 Å². The molecule has 0 saturated heterocycles. The monoisotopic (exact) mass is 290 g/mol. The molecule has 0 spiro atoms. The first-order valence-corrected chi connectivity index (χ1v) is 6.13. The highest BCUT2D eigenvalue weighted by Crippen LogP contribution is 2.23. The van der Waals surface area contributed by atoms with E-state index < -0.39 is 4.92 Å². The van der Waals surface area contributed by atoms with Crippen LogP contribution in [0.1, 0.15) is 11.3 Å². The lowest BCUT2D eigenvalue weighted by atomic mass is 10.2. The molecule has 2 rings (SSSR count). The Labute approximate surface area is 120 Å². The summed E-state index contributed by atoms with van der Waals surface area (Å²) in [6.07, 6.45) is 1.49. The van der Waals surface area contributed by atoms with E-state index in [1.807, 2.05) is 0 Å². The van der Waals surface area contributed by atoms with Gasteiger partial charge in [-0.2, -0.15) is 0 Å². The molecule has 2 aromatic rings. The topological polar surface area (TPSA) is 94.7 Å². The van der Waals surface area contributed by atoms with Crippen molar-refractivity contribution in [3.63, 3.8) is 0 Å². The van der Waals surface area contributed by atoms with Gasteiger partial charge in [-0.1, -0.05) is 0 Å². The molecule has 7 nitrogen and oxygen atoms in total. The number of nitro groups is 1. The molecule has 1 heterocycles. The van der Waals surface area contributed by atoms with Crippen LogP contribution in [0.15, 0.2) is 36.5 Å². The van der Waals surface area contributed by atoms with Crippen LogP contribution < -0.4 is 9.47 Å². The van der Waals surface area contributed by atoms with Gasteiger partial charge in [0.1, 0.15) is 18.1 Å². The molecule has 0 amide bonds. The summed E-state index contributed by atoms with van der Waals surface area (Å²) in [5.41, 5.74) is 1.10. The van der Waals surface area contributed by atoms with Gasteiger partial charge in [0.15, 0.2) is 0 Å². The first kappa shape index (κ1) is 14.7. The Bertz CT molecular complexity index is 628. The number of benzene rings is 1. The van der Waals surface area contributed by atoms with Gasteiger partial charge in [0.2, 0.25) is 0 Å². The van der Waals surface area contributed by atoms with Crippen LogP contribution in [-0.4, -0.2) is 22.1 Å². The third-order valence-corrected chi connectivity index (χ3v) is 2.76. The molecule has 0 saturated carbocycles. The molecule has 110 valence electrons. The average Bonchev–Trinajstić information content (AvgIpc) is 2.53. The number of methoxy groups -OCH3 is 1. The van der Waals surface area contributed by atoms with Crippen LogP contribution in [0.25, 0.3) is 0 Å². The molecule has 0 aliphatic rings. The summed E-state index contributed by atoms with van der Waals surface area (Å²) in [6, 6.07) is 7.76. The van der Waals surface area contributed by atoms with Gasteiger partial charge >= 0.3 is 0 Å². The van der Waals surface area contributed by atoms with Crippen molar-refractivity contribution in [2.75, 3.05) is 7.11 Å². The minimum absolute atomic E-state index is 0.0540. The Morgan fingerprint density at radius 2 is 2.10 bits per heavy atom. The van der Waals surface area contributed by atoms with Gasteiger partial charge in [0.25, 0.3) is 5.69 Å². The van der Waals surface area contributed by atoms with E-state index in [0.29, 0.717) is 22.8 Å². The van der Waals surface area contributed by atoms with Crippen LogP contribution in [-0.2, 0) is 13.2 Å². The Hall–Kier alpha value is -2.67. The van der Waals surface area contributed by atoms with Crippen LogP contribution in [0.5, 0.6) is 11.5 Å². The smallest absolute Gasteiger partial charge is 0.273 e. The first-order valence-electron chi connectivity index (χ1n) is 6.13. The maximum atomic E-state index is 10.8. The molecule has 0 unspecified atom stereocenters. The van der Waals surface area contributed by atoms with E-state index in [0.717, 1.165) is 0 Å². The highest BCUT2D eigenvalue weighted by molar-refractivity contribution is 5.42. The molecular weight excluding hydrogens is 276 g/mol. The highest BCUT2D eigenvalue weighted by Gasteiger charge is 2.10. The van der Waals surface area contributed by atoms with E-state index in [4.69, 9.17) is 14.6 Å². The fraction of sp³-hybridized carbons (Fsp3) is 0.214. The number of aliphatic hydroxyl groups is 1. The molecule has 0 aliphatic carbocycles. The maximum absolute atomic E-state index is 10.8. The number of pyridine rings is 1. The Balaban J connectivity index is 2.11. The van der Waals surface area contributed by atoms with Gasteiger partial charge in [-0.15, -0.1) is 0 Å². The number of nitrogens with zero attached hydrogens (tertiary/aromatic N) is 2. The molecule has 1 aromatic carbocycles. The Morgan fingerprint density at radius 1 is 1.29 bits per heavy atom. The Morgan fingerprint density at radius 3 is 2.67 bits per heavy atom. The van der Waals surface area contributed by atoms with Crippen molar-refractivity contribution in [3.05, 3.63) is 57.9 Å². The highest BCUT2D eigenvalue weighted by atomic mass is 16.6. The van der Waals surface area contributed by atoms with Crippen molar-refractivity contribution >= 4 is 5.69 Å². The summed E-state index contributed by atoms with van der Waals surface area (Å²) in [5.74, 6) is 0.911. The zero-order valence-electron chi connectivity index (χ0n) is 11.4. The molecule has 0 aliphatic heterocycles. The third kappa shape index (κ3) is 3.90. The van der Waals surface area contributed by atoms with E-state index in [1.165, 1.54) is 25.4 Å². The van der Waals surface area contributed by atoms with Gasteiger partial charge in [0.05, 0.1) is 36.6 Å². The molecule has 0 fully saturated rings. The van der Waals surface area contributed by atoms with Crippen LogP contribution in [0.2, 0.25) is 0 Å². The van der Waals surface area contributed by atoms with Gasteiger partial charge in [-0.05, 0) is 23.8 Å². The molecule has 0 atom stereocenters. The molecule has 0 radical (unpaired) electrons. The van der Waals surface area contributed by atoms with E-state index in [-0.39, 0.29) is 18.9 Å². The second-order valence-corrected chi connectivity index (χ2v) is 4.23. The fourth-order valence-electron chi connectivity index (χ4n) is 1.71.